The molecule has 5 heteroatoms. The lowest BCUT2D eigenvalue weighted by Gasteiger charge is -2.00. The second-order valence-corrected chi connectivity index (χ2v) is 2.81. The SMILES string of the molecule is Cl.N#Cc1ccc(NN)cc1Br. The van der Waals surface area contributed by atoms with Crippen LogP contribution >= 0.6 is 28.3 Å². The number of nitrogens with one attached hydrogen (secondary N) is 1. The molecule has 0 amide bonds. The first-order valence-corrected chi connectivity index (χ1v) is 3.73. The first kappa shape index (κ1) is 11.2. The Hall–Kier alpha value is -0.760. The Kier molecular flexibility index (Phi) is 4.67. The average molecular weight is 249 g/mol. The van der Waals surface area contributed by atoms with Crippen LogP contribution in [0.15, 0.2) is 22.7 Å². The summed E-state index contributed by atoms with van der Waals surface area (Å²) in [6.07, 6.45) is 0. The van der Waals surface area contributed by atoms with Crippen LogP contribution in [0.2, 0.25) is 0 Å². The van der Waals surface area contributed by atoms with E-state index in [2.05, 4.69) is 21.4 Å². The van der Waals surface area contributed by atoms with Crippen molar-refractivity contribution in [3.63, 3.8) is 0 Å². The summed E-state index contributed by atoms with van der Waals surface area (Å²) in [5.74, 6) is 5.16. The minimum atomic E-state index is 0. The van der Waals surface area contributed by atoms with Crippen LogP contribution in [-0.4, -0.2) is 0 Å². The van der Waals surface area contributed by atoms with E-state index in [1.54, 1.807) is 18.2 Å². The maximum atomic E-state index is 8.55. The summed E-state index contributed by atoms with van der Waals surface area (Å²) >= 11 is 3.23. The van der Waals surface area contributed by atoms with Crippen LogP contribution in [0.3, 0.4) is 0 Å². The van der Waals surface area contributed by atoms with Gasteiger partial charge in [0.2, 0.25) is 0 Å². The van der Waals surface area contributed by atoms with Crippen molar-refractivity contribution >= 4 is 34.0 Å². The molecule has 0 aliphatic rings. The number of halogens is 2. The van der Waals surface area contributed by atoms with Gasteiger partial charge in [0.15, 0.2) is 0 Å². The fourth-order valence-electron chi connectivity index (χ4n) is 0.696. The Balaban J connectivity index is 0.00000121. The van der Waals surface area contributed by atoms with Gasteiger partial charge in [-0.25, -0.2) is 0 Å². The molecule has 0 saturated carbocycles. The lowest BCUT2D eigenvalue weighted by atomic mass is 10.2. The van der Waals surface area contributed by atoms with Crippen LogP contribution in [0.5, 0.6) is 0 Å². The van der Waals surface area contributed by atoms with E-state index < -0.39 is 0 Å². The van der Waals surface area contributed by atoms with Crippen molar-refractivity contribution in [3.05, 3.63) is 28.2 Å². The number of nitrogens with zero attached hydrogens (tertiary/aromatic N) is 1. The number of nitriles is 1. The van der Waals surface area contributed by atoms with Crippen LogP contribution < -0.4 is 11.3 Å². The minimum Gasteiger partial charge on any atom is -0.324 e. The highest BCUT2D eigenvalue weighted by molar-refractivity contribution is 9.10. The van der Waals surface area contributed by atoms with Crippen molar-refractivity contribution in [1.82, 2.24) is 0 Å². The maximum Gasteiger partial charge on any atom is 0.100 e. The van der Waals surface area contributed by atoms with Crippen LogP contribution in [0.4, 0.5) is 5.69 Å². The number of nitrogen functional groups attached to an aromatic ring is 1. The molecule has 0 heterocycles. The third kappa shape index (κ3) is 2.38. The second kappa shape index (κ2) is 4.99. The normalized spacial score (nSPS) is 8.08. The van der Waals surface area contributed by atoms with Crippen molar-refractivity contribution in [1.29, 1.82) is 5.26 Å². The molecule has 1 aromatic rings. The second-order valence-electron chi connectivity index (χ2n) is 1.95. The van der Waals surface area contributed by atoms with Gasteiger partial charge in [0.1, 0.15) is 6.07 Å². The van der Waals surface area contributed by atoms with E-state index in [4.69, 9.17) is 11.1 Å². The molecule has 0 bridgehead atoms. The summed E-state index contributed by atoms with van der Waals surface area (Å²) in [4.78, 5) is 0. The molecular weight excluding hydrogens is 241 g/mol. The number of hydrazine groups is 1. The molecule has 3 N–H and O–H groups in total. The molecule has 0 atom stereocenters. The van der Waals surface area contributed by atoms with Crippen molar-refractivity contribution in [2.75, 3.05) is 5.43 Å². The number of rotatable bonds is 1. The summed E-state index contributed by atoms with van der Waals surface area (Å²) in [5, 5.41) is 8.55. The van der Waals surface area contributed by atoms with Gasteiger partial charge in [-0.1, -0.05) is 0 Å². The quantitative estimate of drug-likeness (QED) is 0.590. The molecule has 12 heavy (non-hydrogen) atoms. The highest BCUT2D eigenvalue weighted by Gasteiger charge is 1.97. The Morgan fingerprint density at radius 1 is 1.50 bits per heavy atom. The molecule has 64 valence electrons. The van der Waals surface area contributed by atoms with Gasteiger partial charge in [-0.15, -0.1) is 12.4 Å². The molecule has 0 fully saturated rings. The molecule has 0 aliphatic heterocycles. The first-order chi connectivity index (χ1) is 5.27. The summed E-state index contributed by atoms with van der Waals surface area (Å²) in [7, 11) is 0. The maximum absolute atomic E-state index is 8.55. The Morgan fingerprint density at radius 2 is 2.17 bits per heavy atom. The lowest BCUT2D eigenvalue weighted by molar-refractivity contribution is 1.34. The van der Waals surface area contributed by atoms with Crippen LogP contribution in [0.1, 0.15) is 5.56 Å². The number of benzene rings is 1. The first-order valence-electron chi connectivity index (χ1n) is 2.94. The molecule has 0 saturated heterocycles. The van der Waals surface area contributed by atoms with Crippen LogP contribution in [0, 0.1) is 11.3 Å². The molecular formula is C7H7BrClN3. The number of nitrogens with two attached hydrogens (primary N) is 1. The van der Waals surface area contributed by atoms with E-state index >= 15 is 0 Å². The van der Waals surface area contributed by atoms with Crippen LogP contribution in [-0.2, 0) is 0 Å². The molecule has 0 spiro atoms. The number of hydrogen-bond acceptors (Lipinski definition) is 3. The molecule has 3 nitrogen and oxygen atoms in total. The van der Waals surface area contributed by atoms with E-state index in [0.717, 1.165) is 10.2 Å². The fourth-order valence-corrected chi connectivity index (χ4v) is 1.16. The predicted molar refractivity (Wildman–Crippen MR) is 53.9 cm³/mol. The molecule has 0 aromatic heterocycles. The topological polar surface area (TPSA) is 61.8 Å². The van der Waals surface area contributed by atoms with Gasteiger partial charge in [-0.2, -0.15) is 5.26 Å². The smallest absolute Gasteiger partial charge is 0.100 e. The lowest BCUT2D eigenvalue weighted by Crippen LogP contribution is -2.06. The molecule has 1 rings (SSSR count). The average Bonchev–Trinajstić information content (AvgIpc) is 2.04. The third-order valence-electron chi connectivity index (χ3n) is 1.26. The highest BCUT2D eigenvalue weighted by atomic mass is 79.9. The fraction of sp³-hybridized carbons (Fsp3) is 0. The number of anilines is 1. The molecule has 1 aromatic carbocycles. The molecule has 0 radical (unpaired) electrons. The van der Waals surface area contributed by atoms with Gasteiger partial charge >= 0.3 is 0 Å². The summed E-state index contributed by atoms with van der Waals surface area (Å²) < 4.78 is 0.746. The Morgan fingerprint density at radius 3 is 2.58 bits per heavy atom. The van der Waals surface area contributed by atoms with Gasteiger partial charge in [-0.3, -0.25) is 5.84 Å². The van der Waals surface area contributed by atoms with Gasteiger partial charge < -0.3 is 5.43 Å². The van der Waals surface area contributed by atoms with Gasteiger partial charge in [0.05, 0.1) is 5.56 Å². The van der Waals surface area contributed by atoms with Gasteiger partial charge in [0.25, 0.3) is 0 Å². The highest BCUT2D eigenvalue weighted by Crippen LogP contribution is 2.19. The zero-order chi connectivity index (χ0) is 8.27. The summed E-state index contributed by atoms with van der Waals surface area (Å²) in [6.45, 7) is 0. The number of hydrogen-bond donors (Lipinski definition) is 2. The van der Waals surface area contributed by atoms with E-state index in [1.807, 2.05) is 6.07 Å². The van der Waals surface area contributed by atoms with Gasteiger partial charge in [-0.05, 0) is 34.1 Å². The largest absolute Gasteiger partial charge is 0.324 e. The standard InChI is InChI=1S/C7H6BrN3.ClH/c8-7-3-6(11-10)2-1-5(7)4-9;/h1-3,11H,10H2;1H. The Bertz CT molecular complexity index is 308. The van der Waals surface area contributed by atoms with Crippen molar-refractivity contribution < 1.29 is 0 Å². The van der Waals surface area contributed by atoms with Crippen molar-refractivity contribution in [2.24, 2.45) is 5.84 Å². The van der Waals surface area contributed by atoms with Crippen molar-refractivity contribution in [2.45, 2.75) is 0 Å². The summed E-state index contributed by atoms with van der Waals surface area (Å²) in [5.41, 5.74) is 3.85. The molecule has 0 aliphatic carbocycles. The zero-order valence-corrected chi connectivity index (χ0v) is 8.45. The summed E-state index contributed by atoms with van der Waals surface area (Å²) in [6, 6.07) is 7.21. The van der Waals surface area contributed by atoms with E-state index in [9.17, 15) is 0 Å². The Labute approximate surface area is 85.1 Å². The van der Waals surface area contributed by atoms with Crippen LogP contribution in [0.25, 0.3) is 0 Å². The molecule has 0 unspecified atom stereocenters. The van der Waals surface area contributed by atoms with E-state index in [-0.39, 0.29) is 12.4 Å². The predicted octanol–water partition coefficient (Wildman–Crippen LogP) is 2.03. The van der Waals surface area contributed by atoms with E-state index in [0.29, 0.717) is 5.56 Å². The minimum absolute atomic E-state index is 0. The monoisotopic (exact) mass is 247 g/mol. The van der Waals surface area contributed by atoms with Gasteiger partial charge in [0, 0.05) is 10.2 Å². The zero-order valence-electron chi connectivity index (χ0n) is 6.04. The third-order valence-corrected chi connectivity index (χ3v) is 1.91. The van der Waals surface area contributed by atoms with Crippen molar-refractivity contribution in [3.8, 4) is 6.07 Å². The van der Waals surface area contributed by atoms with E-state index in [1.165, 1.54) is 0 Å².